The first kappa shape index (κ1) is 22.8. The number of carbonyl (C=O) groups is 1. The zero-order valence-corrected chi connectivity index (χ0v) is 19.3. The molecule has 0 aliphatic rings. The molecule has 33 heavy (non-hydrogen) atoms. The number of sulfonamides is 1. The third-order valence-electron chi connectivity index (χ3n) is 4.92. The molecule has 0 unspecified atom stereocenters. The first-order chi connectivity index (χ1) is 15.7. The van der Waals surface area contributed by atoms with E-state index in [0.717, 1.165) is 6.07 Å². The Balaban J connectivity index is 1.75. The van der Waals surface area contributed by atoms with Crippen LogP contribution in [0.4, 0.5) is 10.1 Å². The van der Waals surface area contributed by atoms with Gasteiger partial charge in [0.1, 0.15) is 11.6 Å². The van der Waals surface area contributed by atoms with E-state index in [1.807, 2.05) is 6.92 Å². The summed E-state index contributed by atoms with van der Waals surface area (Å²) in [5, 5.41) is -0.311. The highest BCUT2D eigenvalue weighted by atomic mass is 35.5. The number of rotatable bonds is 7. The number of carbonyl (C=O) groups excluding carboxylic acids is 1. The Morgan fingerprint density at radius 1 is 1.18 bits per heavy atom. The number of anilines is 1. The van der Waals surface area contributed by atoms with Crippen LogP contribution >= 0.6 is 11.6 Å². The molecule has 0 spiro atoms. The number of benzene rings is 2. The van der Waals surface area contributed by atoms with Gasteiger partial charge in [0.05, 0.1) is 39.3 Å². The molecule has 0 aliphatic heterocycles. The number of imidazole rings is 1. The van der Waals surface area contributed by atoms with Gasteiger partial charge in [-0.25, -0.2) is 22.8 Å². The van der Waals surface area contributed by atoms with Gasteiger partial charge in [0.15, 0.2) is 11.6 Å². The molecule has 170 valence electrons. The van der Waals surface area contributed by atoms with E-state index in [4.69, 9.17) is 11.6 Å². The number of aryl methyl sites for hydroxylation is 1. The van der Waals surface area contributed by atoms with Gasteiger partial charge in [-0.3, -0.25) is 19.1 Å². The minimum Gasteiger partial charge on any atom is -0.288 e. The largest absolute Gasteiger partial charge is 0.288 e. The fourth-order valence-corrected chi connectivity index (χ4v) is 4.84. The number of hydrogen-bond acceptors (Lipinski definition) is 6. The van der Waals surface area contributed by atoms with E-state index in [1.165, 1.54) is 18.2 Å². The SMILES string of the molecule is CCCS(=O)(=O)Nc1ccc(F)c(C(=O)c2ccc3ncc(-n4ccnc4C)nc3c2)c1Cl. The molecule has 0 saturated carbocycles. The molecule has 11 heteroatoms. The van der Waals surface area contributed by atoms with Crippen molar-refractivity contribution in [1.82, 2.24) is 19.5 Å². The van der Waals surface area contributed by atoms with Crippen molar-refractivity contribution in [2.75, 3.05) is 10.5 Å². The van der Waals surface area contributed by atoms with Crippen LogP contribution in [0.15, 0.2) is 48.9 Å². The molecule has 8 nitrogen and oxygen atoms in total. The first-order valence-electron chi connectivity index (χ1n) is 10.0. The van der Waals surface area contributed by atoms with Crippen LogP contribution in [0.2, 0.25) is 5.02 Å². The summed E-state index contributed by atoms with van der Waals surface area (Å²) in [6, 6.07) is 6.77. The number of hydrogen-bond donors (Lipinski definition) is 1. The molecular weight excluding hydrogens is 469 g/mol. The van der Waals surface area contributed by atoms with Crippen LogP contribution in [0.1, 0.15) is 35.1 Å². The Bertz CT molecular complexity index is 1490. The van der Waals surface area contributed by atoms with Gasteiger partial charge in [-0.2, -0.15) is 0 Å². The first-order valence-corrected chi connectivity index (χ1v) is 12.0. The van der Waals surface area contributed by atoms with Crippen molar-refractivity contribution >= 4 is 44.1 Å². The number of nitrogens with zero attached hydrogens (tertiary/aromatic N) is 4. The maximum atomic E-state index is 14.6. The highest BCUT2D eigenvalue weighted by Crippen LogP contribution is 2.31. The molecule has 2 aromatic carbocycles. The van der Waals surface area contributed by atoms with Gasteiger partial charge in [-0.15, -0.1) is 0 Å². The predicted molar refractivity (Wildman–Crippen MR) is 124 cm³/mol. The molecular formula is C22H19ClFN5O3S. The highest BCUT2D eigenvalue weighted by molar-refractivity contribution is 7.92. The fraction of sp³-hybridized carbons (Fsp3) is 0.182. The second-order valence-electron chi connectivity index (χ2n) is 7.31. The number of nitrogens with one attached hydrogen (secondary N) is 1. The Hall–Kier alpha value is -3.37. The molecule has 2 aromatic heterocycles. The van der Waals surface area contributed by atoms with E-state index < -0.39 is 27.2 Å². The summed E-state index contributed by atoms with van der Waals surface area (Å²) in [5.41, 5.74) is 0.602. The molecule has 4 rings (SSSR count). The van der Waals surface area contributed by atoms with E-state index >= 15 is 0 Å². The summed E-state index contributed by atoms with van der Waals surface area (Å²) in [4.78, 5) is 26.2. The van der Waals surface area contributed by atoms with E-state index in [-0.39, 0.29) is 22.0 Å². The van der Waals surface area contributed by atoms with Crippen LogP contribution in [0.3, 0.4) is 0 Å². The Morgan fingerprint density at radius 2 is 1.97 bits per heavy atom. The lowest BCUT2D eigenvalue weighted by atomic mass is 10.0. The monoisotopic (exact) mass is 487 g/mol. The normalized spacial score (nSPS) is 11.6. The quantitative estimate of drug-likeness (QED) is 0.389. The van der Waals surface area contributed by atoms with Gasteiger partial charge in [0.25, 0.3) is 0 Å². The zero-order chi connectivity index (χ0) is 23.8. The third kappa shape index (κ3) is 4.57. The van der Waals surface area contributed by atoms with Crippen LogP contribution < -0.4 is 4.72 Å². The van der Waals surface area contributed by atoms with Gasteiger partial charge in [-0.05, 0) is 43.7 Å². The zero-order valence-electron chi connectivity index (χ0n) is 17.7. The topological polar surface area (TPSA) is 107 Å². The summed E-state index contributed by atoms with van der Waals surface area (Å²) in [7, 11) is -3.68. The predicted octanol–water partition coefficient (Wildman–Crippen LogP) is 4.30. The maximum absolute atomic E-state index is 14.6. The van der Waals surface area contributed by atoms with Crippen molar-refractivity contribution in [3.05, 3.63) is 76.7 Å². The van der Waals surface area contributed by atoms with Crippen LogP contribution in [-0.2, 0) is 10.0 Å². The molecule has 0 fully saturated rings. The lowest BCUT2D eigenvalue weighted by Crippen LogP contribution is -2.17. The van der Waals surface area contributed by atoms with Gasteiger partial charge in [-0.1, -0.05) is 18.5 Å². The summed E-state index contributed by atoms with van der Waals surface area (Å²) in [6.45, 7) is 3.53. The van der Waals surface area contributed by atoms with E-state index in [1.54, 1.807) is 36.1 Å². The molecule has 0 bridgehead atoms. The van der Waals surface area contributed by atoms with Crippen molar-refractivity contribution < 1.29 is 17.6 Å². The van der Waals surface area contributed by atoms with Crippen LogP contribution in [0, 0.1) is 12.7 Å². The minimum atomic E-state index is -3.68. The molecule has 4 aromatic rings. The fourth-order valence-electron chi connectivity index (χ4n) is 3.35. The van der Waals surface area contributed by atoms with Crippen molar-refractivity contribution in [3.63, 3.8) is 0 Å². The van der Waals surface area contributed by atoms with Crippen LogP contribution in [-0.4, -0.2) is 39.5 Å². The molecule has 0 radical (unpaired) electrons. The van der Waals surface area contributed by atoms with Crippen LogP contribution in [0.25, 0.3) is 16.9 Å². The minimum absolute atomic E-state index is 0.0617. The highest BCUT2D eigenvalue weighted by Gasteiger charge is 2.23. The summed E-state index contributed by atoms with van der Waals surface area (Å²) < 4.78 is 42.9. The second kappa shape index (κ2) is 8.87. The van der Waals surface area contributed by atoms with E-state index in [0.29, 0.717) is 29.1 Å². The molecule has 1 N–H and O–H groups in total. The molecule has 2 heterocycles. The van der Waals surface area contributed by atoms with Crippen molar-refractivity contribution in [3.8, 4) is 5.82 Å². The van der Waals surface area contributed by atoms with Crippen molar-refractivity contribution in [2.24, 2.45) is 0 Å². The third-order valence-corrected chi connectivity index (χ3v) is 6.79. The van der Waals surface area contributed by atoms with E-state index in [9.17, 15) is 17.6 Å². The number of fused-ring (bicyclic) bond motifs is 1. The average Bonchev–Trinajstić information content (AvgIpc) is 3.20. The Labute approximate surface area is 194 Å². The molecule has 0 atom stereocenters. The summed E-state index contributed by atoms with van der Waals surface area (Å²) in [6.07, 6.45) is 5.34. The molecule has 0 aliphatic carbocycles. The Morgan fingerprint density at radius 3 is 2.67 bits per heavy atom. The van der Waals surface area contributed by atoms with Crippen LogP contribution in [0.5, 0.6) is 0 Å². The standard InChI is InChI=1S/C22H19ClFN5O3S/c1-3-10-33(31,32)28-17-7-5-15(24)20(21(17)23)22(30)14-4-6-16-18(11-14)27-19(12-26-16)29-9-8-25-13(29)2/h4-9,11-12,28H,3,10H2,1-2H3. The van der Waals surface area contributed by atoms with Gasteiger partial charge in [0, 0.05) is 18.0 Å². The molecule has 0 saturated heterocycles. The molecule has 0 amide bonds. The lowest BCUT2D eigenvalue weighted by Gasteiger charge is -2.13. The van der Waals surface area contributed by atoms with E-state index in [2.05, 4.69) is 19.7 Å². The van der Waals surface area contributed by atoms with Gasteiger partial charge >= 0.3 is 0 Å². The smallest absolute Gasteiger partial charge is 0.232 e. The van der Waals surface area contributed by atoms with Crippen molar-refractivity contribution in [1.29, 1.82) is 0 Å². The van der Waals surface area contributed by atoms with Crippen molar-refractivity contribution in [2.45, 2.75) is 20.3 Å². The summed E-state index contributed by atoms with van der Waals surface area (Å²) >= 11 is 6.27. The second-order valence-corrected chi connectivity index (χ2v) is 9.53. The lowest BCUT2D eigenvalue weighted by molar-refractivity contribution is 0.103. The Kier molecular flexibility index (Phi) is 6.13. The van der Waals surface area contributed by atoms with Gasteiger partial charge in [0.2, 0.25) is 10.0 Å². The number of halogens is 2. The number of aromatic nitrogens is 4. The van der Waals surface area contributed by atoms with Gasteiger partial charge < -0.3 is 0 Å². The summed E-state index contributed by atoms with van der Waals surface area (Å²) in [5.74, 6) is -0.475. The average molecular weight is 488 g/mol. The number of ketones is 1. The maximum Gasteiger partial charge on any atom is 0.232 e.